The molecular formula is C21H42N4. The van der Waals surface area contributed by atoms with E-state index < -0.39 is 0 Å². The van der Waals surface area contributed by atoms with Crippen molar-refractivity contribution < 1.29 is 0 Å². The zero-order valence-corrected chi connectivity index (χ0v) is 16.1. The molecule has 4 heteroatoms. The minimum absolute atomic E-state index is 0. The predicted molar refractivity (Wildman–Crippen MR) is 107 cm³/mol. The Morgan fingerprint density at radius 3 is 1.44 bits per heavy atom. The summed E-state index contributed by atoms with van der Waals surface area (Å²) in [5.74, 6) is 5.38. The largest absolute Gasteiger partial charge is 0.312 e. The molecule has 0 spiro atoms. The second kappa shape index (κ2) is 8.24. The van der Waals surface area contributed by atoms with Crippen LogP contribution in [0, 0.1) is 29.6 Å². The zero-order chi connectivity index (χ0) is 16.7. The molecule has 0 aromatic carbocycles. The maximum absolute atomic E-state index is 3.40. The quantitative estimate of drug-likeness (QED) is 0.722. The van der Waals surface area contributed by atoms with Crippen LogP contribution in [0.2, 0.25) is 0 Å². The number of fused-ring (bicyclic) bond motifs is 3. The number of nitrogens with one attached hydrogen (secondary N) is 1. The fraction of sp³-hybridized carbons (Fsp3) is 1.00. The smallest absolute Gasteiger partial charge is 0.0247 e. The lowest BCUT2D eigenvalue weighted by Crippen LogP contribution is -2.51. The molecule has 6 unspecified atom stereocenters. The van der Waals surface area contributed by atoms with Crippen LogP contribution in [0.4, 0.5) is 0 Å². The van der Waals surface area contributed by atoms with Crippen LogP contribution in [0.25, 0.3) is 0 Å². The normalized spacial score (nSPS) is 44.3. The first kappa shape index (κ1) is 19.6. The van der Waals surface area contributed by atoms with E-state index in [2.05, 4.69) is 41.2 Å². The number of hydrogen-bond acceptors (Lipinski definition) is 4. The molecule has 6 atom stereocenters. The lowest BCUT2D eigenvalue weighted by Gasteiger charge is -2.30. The Bertz CT molecular complexity index is 394. The molecule has 0 radical (unpaired) electrons. The van der Waals surface area contributed by atoms with E-state index >= 15 is 0 Å². The maximum Gasteiger partial charge on any atom is 0.0247 e. The fourth-order valence-corrected chi connectivity index (χ4v) is 5.77. The summed E-state index contributed by atoms with van der Waals surface area (Å²) in [5.41, 5.74) is 0. The van der Waals surface area contributed by atoms with Gasteiger partial charge in [-0.3, -0.25) is 0 Å². The van der Waals surface area contributed by atoms with Crippen LogP contribution in [-0.4, -0.2) is 87.7 Å². The lowest BCUT2D eigenvalue weighted by atomic mass is 9.96. The lowest BCUT2D eigenvalue weighted by molar-refractivity contribution is 0.297. The molecule has 6 rings (SSSR count). The van der Waals surface area contributed by atoms with E-state index in [1.54, 1.807) is 0 Å². The van der Waals surface area contributed by atoms with E-state index in [0.29, 0.717) is 0 Å². The van der Waals surface area contributed by atoms with Gasteiger partial charge in [0.2, 0.25) is 0 Å². The van der Waals surface area contributed by atoms with Crippen molar-refractivity contribution >= 4 is 0 Å². The molecule has 0 amide bonds. The predicted octanol–water partition coefficient (Wildman–Crippen LogP) is 2.07. The van der Waals surface area contributed by atoms with Crippen molar-refractivity contribution in [3.8, 4) is 0 Å². The molecule has 6 aliphatic rings. The molecule has 1 N–H and O–H groups in total. The Labute approximate surface area is 156 Å². The van der Waals surface area contributed by atoms with Crippen LogP contribution in [0.5, 0.6) is 0 Å². The molecule has 4 heterocycles. The van der Waals surface area contributed by atoms with Crippen molar-refractivity contribution in [2.45, 2.75) is 39.2 Å². The Kier molecular flexibility index (Phi) is 6.46. The van der Waals surface area contributed by atoms with Crippen LogP contribution >= 0.6 is 0 Å². The number of piperidine rings is 1. The van der Waals surface area contributed by atoms with Gasteiger partial charge in [0, 0.05) is 57.8 Å². The molecule has 4 saturated heterocycles. The van der Waals surface area contributed by atoms with Crippen LogP contribution in [-0.2, 0) is 0 Å². The first-order valence-corrected chi connectivity index (χ1v) is 10.4. The van der Waals surface area contributed by atoms with Gasteiger partial charge in [-0.1, -0.05) is 13.8 Å². The fourth-order valence-electron chi connectivity index (χ4n) is 5.77. The molecule has 6 fully saturated rings. The highest BCUT2D eigenvalue weighted by Crippen LogP contribution is 2.44. The molecule has 0 aromatic heterocycles. The van der Waals surface area contributed by atoms with Crippen LogP contribution in [0.1, 0.15) is 33.1 Å². The van der Waals surface area contributed by atoms with Crippen molar-refractivity contribution in [3.63, 3.8) is 0 Å². The average Bonchev–Trinajstić information content (AvgIpc) is 2.88. The molecule has 2 aliphatic carbocycles. The van der Waals surface area contributed by atoms with Crippen molar-refractivity contribution in [1.82, 2.24) is 20.0 Å². The Hall–Kier alpha value is -0.160. The summed E-state index contributed by atoms with van der Waals surface area (Å²) in [7, 11) is 6.66. The molecule has 4 aliphatic heterocycles. The first-order chi connectivity index (χ1) is 11.6. The molecule has 0 bridgehead atoms. The van der Waals surface area contributed by atoms with Crippen LogP contribution < -0.4 is 5.32 Å². The number of likely N-dealkylation sites (tertiary alicyclic amines) is 3. The van der Waals surface area contributed by atoms with Crippen molar-refractivity contribution in [3.05, 3.63) is 0 Å². The van der Waals surface area contributed by atoms with Gasteiger partial charge in [0.05, 0.1) is 0 Å². The number of rotatable bonds is 0. The van der Waals surface area contributed by atoms with E-state index in [1.807, 2.05) is 0 Å². The average molecular weight is 351 g/mol. The number of nitrogens with zero attached hydrogens (tertiary/aromatic N) is 3. The third-order valence-corrected chi connectivity index (χ3v) is 7.34. The highest BCUT2D eigenvalue weighted by molar-refractivity contribution is 4.96. The van der Waals surface area contributed by atoms with Crippen molar-refractivity contribution in [2.75, 3.05) is 67.0 Å². The topological polar surface area (TPSA) is 21.8 Å². The van der Waals surface area contributed by atoms with E-state index in [9.17, 15) is 0 Å². The van der Waals surface area contributed by atoms with Gasteiger partial charge >= 0.3 is 0 Å². The van der Waals surface area contributed by atoms with Crippen LogP contribution in [0.15, 0.2) is 0 Å². The highest BCUT2D eigenvalue weighted by Gasteiger charge is 2.43. The molecule has 0 aromatic rings. The van der Waals surface area contributed by atoms with Gasteiger partial charge in [-0.05, 0) is 64.1 Å². The van der Waals surface area contributed by atoms with E-state index in [4.69, 9.17) is 0 Å². The number of hydrogen-bond donors (Lipinski definition) is 1. The van der Waals surface area contributed by atoms with E-state index in [1.165, 1.54) is 71.5 Å². The summed E-state index contributed by atoms with van der Waals surface area (Å²) < 4.78 is 0. The molecule has 25 heavy (non-hydrogen) atoms. The molecule has 4 nitrogen and oxygen atoms in total. The van der Waals surface area contributed by atoms with E-state index in [0.717, 1.165) is 35.6 Å². The molecular weight excluding hydrogens is 308 g/mol. The van der Waals surface area contributed by atoms with Crippen molar-refractivity contribution in [2.24, 2.45) is 29.6 Å². The minimum atomic E-state index is 0. The summed E-state index contributed by atoms with van der Waals surface area (Å²) >= 11 is 0. The first-order valence-electron chi connectivity index (χ1n) is 10.4. The summed E-state index contributed by atoms with van der Waals surface area (Å²) in [5, 5.41) is 3.40. The highest BCUT2D eigenvalue weighted by atomic mass is 15.2. The molecule has 146 valence electrons. The molecule has 2 saturated carbocycles. The SMILES string of the molecule is C.CN1CC2CC2C1.CN1CC2CCCC2C1.CN1CC2CNC2C1. The van der Waals surface area contributed by atoms with Gasteiger partial charge in [-0.2, -0.15) is 0 Å². The van der Waals surface area contributed by atoms with Crippen LogP contribution in [0.3, 0.4) is 0 Å². The second-order valence-corrected chi connectivity index (χ2v) is 9.65. The minimum Gasteiger partial charge on any atom is -0.312 e. The summed E-state index contributed by atoms with van der Waals surface area (Å²) in [6.45, 7) is 9.36. The summed E-state index contributed by atoms with van der Waals surface area (Å²) in [6.07, 6.45) is 6.05. The summed E-state index contributed by atoms with van der Waals surface area (Å²) in [6, 6.07) is 0.847. The van der Waals surface area contributed by atoms with Gasteiger partial charge < -0.3 is 20.0 Å². The Morgan fingerprint density at radius 1 is 0.640 bits per heavy atom. The van der Waals surface area contributed by atoms with Crippen molar-refractivity contribution in [1.29, 1.82) is 0 Å². The standard InChI is InChI=1S/C8H15N.C6H12N2.C6H11N.CH4/c1-9-5-7-3-2-4-8(7)6-9;1-8-3-5-2-7-6(5)4-8;1-7-3-5-2-6(5)4-7;/h7-8H,2-6H2,1H3;5-7H,2-4H2,1H3;5-6H,2-4H2,1H3;1H4. The van der Waals surface area contributed by atoms with Gasteiger partial charge in [-0.15, -0.1) is 0 Å². The van der Waals surface area contributed by atoms with Gasteiger partial charge in [-0.25, -0.2) is 0 Å². The monoisotopic (exact) mass is 350 g/mol. The Balaban J connectivity index is 0.000000108. The van der Waals surface area contributed by atoms with Gasteiger partial charge in [0.15, 0.2) is 0 Å². The van der Waals surface area contributed by atoms with Gasteiger partial charge in [0.25, 0.3) is 0 Å². The third kappa shape index (κ3) is 4.77. The van der Waals surface area contributed by atoms with E-state index in [-0.39, 0.29) is 7.43 Å². The number of likely N-dealkylation sites (N-methyl/N-ethyl adjacent to an activating group) is 1. The zero-order valence-electron chi connectivity index (χ0n) is 16.1. The second-order valence-electron chi connectivity index (χ2n) is 9.65. The van der Waals surface area contributed by atoms with Gasteiger partial charge in [0.1, 0.15) is 0 Å². The third-order valence-electron chi connectivity index (χ3n) is 7.34. The summed E-state index contributed by atoms with van der Waals surface area (Å²) in [4.78, 5) is 7.31. The Morgan fingerprint density at radius 2 is 1.12 bits per heavy atom. The maximum atomic E-state index is 3.40.